The van der Waals surface area contributed by atoms with Crippen LogP contribution in [-0.2, 0) is 0 Å². The summed E-state index contributed by atoms with van der Waals surface area (Å²) in [4.78, 5) is 2.84. The Morgan fingerprint density at radius 3 is 1.23 bits per heavy atom. The van der Waals surface area contributed by atoms with Crippen molar-refractivity contribution in [2.45, 2.75) is 91.6 Å². The summed E-state index contributed by atoms with van der Waals surface area (Å²) >= 11 is 0. The maximum atomic E-state index is 2.84. The van der Waals surface area contributed by atoms with Crippen molar-refractivity contribution in [1.29, 1.82) is 0 Å². The van der Waals surface area contributed by atoms with Gasteiger partial charge in [-0.3, -0.25) is 0 Å². The van der Waals surface area contributed by atoms with Gasteiger partial charge in [-0.05, 0) is 33.0 Å². The molecule has 2 aromatic carbocycles. The van der Waals surface area contributed by atoms with Crippen LogP contribution >= 0.6 is 15.6 Å². The number of hydrogen-bond acceptors (Lipinski definition) is 1. The molecule has 0 N–H and O–H groups in total. The molecule has 0 aliphatic heterocycles. The summed E-state index contributed by atoms with van der Waals surface area (Å²) in [6, 6.07) is 23.6. The van der Waals surface area contributed by atoms with Crippen LogP contribution in [0.3, 0.4) is 0 Å². The third-order valence-electron chi connectivity index (χ3n) is 5.44. The van der Waals surface area contributed by atoms with Crippen LogP contribution in [0.4, 0.5) is 0 Å². The molecular weight excluding hydrogens is 399 g/mol. The van der Waals surface area contributed by atoms with Gasteiger partial charge in [-0.1, -0.05) is 138 Å². The molecule has 2 aromatic rings. The van der Waals surface area contributed by atoms with E-state index in [0.29, 0.717) is 18.4 Å². The van der Waals surface area contributed by atoms with Crippen molar-refractivity contribution in [3.63, 3.8) is 0 Å². The molecule has 0 saturated heterocycles. The Morgan fingerprint density at radius 2 is 0.967 bits per heavy atom. The first-order chi connectivity index (χ1) is 13.9. The molecule has 0 aliphatic carbocycles. The van der Waals surface area contributed by atoms with Crippen molar-refractivity contribution >= 4 is 32.5 Å². The highest BCUT2D eigenvalue weighted by atomic mass is 31.2. The van der Waals surface area contributed by atoms with E-state index in [2.05, 4.69) is 135 Å². The number of rotatable bonds is 7. The molecular formula is C26H42BNP2. The molecule has 0 atom stereocenters. The lowest BCUT2D eigenvalue weighted by atomic mass is 10.1. The monoisotopic (exact) mass is 441 g/mol. The molecule has 0 radical (unpaired) electrons. The molecule has 30 heavy (non-hydrogen) atoms. The van der Waals surface area contributed by atoms with Crippen LogP contribution in [-0.4, -0.2) is 33.5 Å². The van der Waals surface area contributed by atoms with Crippen LogP contribution in [0, 0.1) is 0 Å². The van der Waals surface area contributed by atoms with Crippen LogP contribution in [0.25, 0.3) is 0 Å². The molecule has 0 fully saturated rings. The molecule has 0 aliphatic rings. The van der Waals surface area contributed by atoms with Gasteiger partial charge in [-0.2, -0.15) is 0 Å². The quantitative estimate of drug-likeness (QED) is 0.322. The second kappa shape index (κ2) is 10.3. The van der Waals surface area contributed by atoms with Crippen molar-refractivity contribution in [1.82, 2.24) is 4.81 Å². The van der Waals surface area contributed by atoms with Gasteiger partial charge in [0, 0.05) is 0 Å². The third-order valence-corrected chi connectivity index (χ3v) is 12.9. The summed E-state index contributed by atoms with van der Waals surface area (Å²) in [5.41, 5.74) is 0. The predicted octanol–water partition coefficient (Wildman–Crippen LogP) is 7.30. The van der Waals surface area contributed by atoms with Crippen LogP contribution in [0.5, 0.6) is 0 Å². The minimum absolute atomic E-state index is 0.254. The summed E-state index contributed by atoms with van der Waals surface area (Å²) in [6.45, 7) is 24.4. The minimum Gasteiger partial charge on any atom is -0.329 e. The molecule has 0 saturated carbocycles. The van der Waals surface area contributed by atoms with Gasteiger partial charge in [-0.25, -0.2) is 0 Å². The van der Waals surface area contributed by atoms with Gasteiger partial charge < -0.3 is 4.81 Å². The molecule has 1 nitrogen and oxygen atoms in total. The lowest BCUT2D eigenvalue weighted by Gasteiger charge is -2.53. The van der Waals surface area contributed by atoms with Gasteiger partial charge >= 0.3 is 0 Å². The zero-order valence-corrected chi connectivity index (χ0v) is 22.6. The lowest BCUT2D eigenvalue weighted by molar-refractivity contribution is 0.314. The topological polar surface area (TPSA) is 3.24 Å². The molecule has 0 bridgehead atoms. The fraction of sp³-hybridized carbons (Fsp3) is 0.538. The van der Waals surface area contributed by atoms with Crippen LogP contribution in [0.2, 0.25) is 0 Å². The van der Waals surface area contributed by atoms with E-state index in [1.807, 2.05) is 0 Å². The van der Waals surface area contributed by atoms with Gasteiger partial charge in [0.25, 0.3) is 6.29 Å². The van der Waals surface area contributed by atoms with Gasteiger partial charge in [0.05, 0.1) is 0 Å². The summed E-state index contributed by atoms with van der Waals surface area (Å²) < 4.78 is 0. The van der Waals surface area contributed by atoms with Gasteiger partial charge in [0.1, 0.15) is 0 Å². The van der Waals surface area contributed by atoms with E-state index in [9.17, 15) is 0 Å². The van der Waals surface area contributed by atoms with Gasteiger partial charge in [-0.15, -0.1) is 7.80 Å². The first kappa shape index (κ1) is 25.6. The predicted molar refractivity (Wildman–Crippen MR) is 143 cm³/mol. The second-order valence-electron chi connectivity index (χ2n) is 10.7. The van der Waals surface area contributed by atoms with Gasteiger partial charge in [0.15, 0.2) is 0 Å². The fourth-order valence-corrected chi connectivity index (χ4v) is 15.4. The zero-order chi connectivity index (χ0) is 22.7. The highest BCUT2D eigenvalue weighted by molar-refractivity contribution is 8.24. The Labute approximate surface area is 189 Å². The van der Waals surface area contributed by atoms with Crippen LogP contribution in [0.1, 0.15) is 69.2 Å². The minimum atomic E-state index is -0.532. The molecule has 0 spiro atoms. The Bertz CT molecular complexity index is 702. The molecule has 0 heterocycles. The SMILES string of the molecule is CC(C)N(B(P(c1ccccc1)c1ccccc1)P(C(C)(C)C)C(C)(C)C)C(C)C. The largest absolute Gasteiger partial charge is 0.329 e. The Balaban J connectivity index is 2.85. The maximum Gasteiger partial charge on any atom is 0.293 e. The Hall–Kier alpha value is -0.675. The van der Waals surface area contributed by atoms with Crippen molar-refractivity contribution in [2.24, 2.45) is 0 Å². The van der Waals surface area contributed by atoms with E-state index in [0.717, 1.165) is 0 Å². The first-order valence-corrected chi connectivity index (χ1v) is 14.1. The van der Waals surface area contributed by atoms with E-state index in [1.54, 1.807) is 0 Å². The molecule has 2 rings (SSSR count). The number of benzene rings is 2. The highest BCUT2D eigenvalue weighted by Gasteiger charge is 2.50. The van der Waals surface area contributed by atoms with Crippen LogP contribution in [0.15, 0.2) is 60.7 Å². The third kappa shape index (κ3) is 6.19. The summed E-state index contributed by atoms with van der Waals surface area (Å²) in [7, 11) is -0.874. The van der Waals surface area contributed by atoms with Crippen molar-refractivity contribution < 1.29 is 0 Å². The Morgan fingerprint density at radius 1 is 0.633 bits per heavy atom. The smallest absolute Gasteiger partial charge is 0.293 e. The molecule has 4 heteroatoms. The molecule has 0 aromatic heterocycles. The van der Waals surface area contributed by atoms with Gasteiger partial charge in [0.2, 0.25) is 0 Å². The van der Waals surface area contributed by atoms with E-state index in [4.69, 9.17) is 0 Å². The normalized spacial score (nSPS) is 13.2. The second-order valence-corrected chi connectivity index (χ2v) is 17.3. The Kier molecular flexibility index (Phi) is 8.78. The average Bonchev–Trinajstić information content (AvgIpc) is 2.60. The average molecular weight is 441 g/mol. The zero-order valence-electron chi connectivity index (χ0n) is 20.8. The molecule has 164 valence electrons. The first-order valence-electron chi connectivity index (χ1n) is 11.3. The summed E-state index contributed by atoms with van der Waals surface area (Å²) in [5, 5.41) is 3.50. The lowest BCUT2D eigenvalue weighted by Crippen LogP contribution is -2.53. The van der Waals surface area contributed by atoms with Crippen molar-refractivity contribution in [3.05, 3.63) is 60.7 Å². The summed E-state index contributed by atoms with van der Waals surface area (Å²) in [6.07, 6.45) is 0.514. The maximum absolute atomic E-state index is 2.84. The molecule has 0 amide bonds. The van der Waals surface area contributed by atoms with E-state index in [1.165, 1.54) is 10.6 Å². The van der Waals surface area contributed by atoms with E-state index in [-0.39, 0.29) is 18.1 Å². The van der Waals surface area contributed by atoms with Crippen LogP contribution < -0.4 is 10.6 Å². The number of hydrogen-bond donors (Lipinski definition) is 0. The number of nitrogens with zero attached hydrogens (tertiary/aromatic N) is 1. The highest BCUT2D eigenvalue weighted by Crippen LogP contribution is 2.68. The summed E-state index contributed by atoms with van der Waals surface area (Å²) in [5.74, 6) is 0. The molecule has 0 unspecified atom stereocenters. The van der Waals surface area contributed by atoms with Crippen molar-refractivity contribution in [2.75, 3.05) is 0 Å². The van der Waals surface area contributed by atoms with E-state index >= 15 is 0 Å². The van der Waals surface area contributed by atoms with Crippen molar-refractivity contribution in [3.8, 4) is 0 Å². The van der Waals surface area contributed by atoms with E-state index < -0.39 is 7.80 Å². The standard InChI is InChI=1S/C26H42BNP2/c1-21(2)28(22(3)4)27(30(25(5,6)7)26(8,9)10)29(23-17-13-11-14-18-23)24-19-15-12-16-20-24/h11-22H,1-10H3. The fourth-order valence-electron chi connectivity index (χ4n) is 4.80.